The zero-order valence-electron chi connectivity index (χ0n) is 17.4. The summed E-state index contributed by atoms with van der Waals surface area (Å²) >= 11 is 2.29. The summed E-state index contributed by atoms with van der Waals surface area (Å²) in [6.07, 6.45) is 1.38. The Bertz CT molecular complexity index is 1090. The van der Waals surface area contributed by atoms with Crippen LogP contribution in [0.1, 0.15) is 21.5 Å². The summed E-state index contributed by atoms with van der Waals surface area (Å²) in [7, 11) is 3.35. The zero-order valence-corrected chi connectivity index (χ0v) is 19.6. The molecule has 0 saturated carbocycles. The van der Waals surface area contributed by atoms with Crippen molar-refractivity contribution in [1.29, 1.82) is 0 Å². The molecular formula is C22H23IN6O2. The molecule has 0 aliphatic heterocycles. The van der Waals surface area contributed by atoms with E-state index in [1.807, 2.05) is 31.2 Å². The number of amides is 3. The van der Waals surface area contributed by atoms with Crippen LogP contribution in [0.15, 0.2) is 54.9 Å². The molecule has 3 N–H and O–H groups in total. The third-order valence-electron chi connectivity index (χ3n) is 4.66. The normalized spacial score (nSPS) is 10.3. The van der Waals surface area contributed by atoms with Crippen LogP contribution in [0.3, 0.4) is 0 Å². The molecule has 2 aromatic carbocycles. The lowest BCUT2D eigenvalue weighted by Gasteiger charge is -2.18. The molecule has 0 atom stereocenters. The average Bonchev–Trinajstić information content (AvgIpc) is 2.80. The number of aromatic nitrogens is 2. The SMILES string of the molecule is CNc1cc(N(C)C(=O)Nc2cc(C(=O)Nc3ccc(CI)cc3)ccc2C)ncn1. The highest BCUT2D eigenvalue weighted by Crippen LogP contribution is 2.20. The molecule has 160 valence electrons. The van der Waals surface area contributed by atoms with E-state index in [0.717, 1.165) is 9.99 Å². The van der Waals surface area contributed by atoms with Gasteiger partial charge in [-0.3, -0.25) is 9.69 Å². The minimum atomic E-state index is -0.379. The van der Waals surface area contributed by atoms with Gasteiger partial charge in [-0.15, -0.1) is 0 Å². The van der Waals surface area contributed by atoms with Gasteiger partial charge in [0.05, 0.1) is 0 Å². The first-order valence-electron chi connectivity index (χ1n) is 9.52. The number of nitrogens with one attached hydrogen (secondary N) is 3. The number of rotatable bonds is 6. The summed E-state index contributed by atoms with van der Waals surface area (Å²) in [4.78, 5) is 35.0. The second-order valence-corrected chi connectivity index (χ2v) is 7.58. The molecule has 0 radical (unpaired) electrons. The average molecular weight is 530 g/mol. The van der Waals surface area contributed by atoms with Gasteiger partial charge in [0.15, 0.2) is 0 Å². The lowest BCUT2D eigenvalue weighted by Crippen LogP contribution is -2.32. The minimum absolute atomic E-state index is 0.250. The minimum Gasteiger partial charge on any atom is -0.373 e. The Morgan fingerprint density at radius 1 is 1.03 bits per heavy atom. The first-order chi connectivity index (χ1) is 14.9. The van der Waals surface area contributed by atoms with Crippen molar-refractivity contribution in [1.82, 2.24) is 9.97 Å². The Hall–Kier alpha value is -3.21. The van der Waals surface area contributed by atoms with Crippen LogP contribution in [0.5, 0.6) is 0 Å². The fraction of sp³-hybridized carbons (Fsp3) is 0.182. The van der Waals surface area contributed by atoms with Gasteiger partial charge in [0.1, 0.15) is 18.0 Å². The summed E-state index contributed by atoms with van der Waals surface area (Å²) in [6, 6.07) is 14.2. The summed E-state index contributed by atoms with van der Waals surface area (Å²) in [5.41, 5.74) is 3.74. The Morgan fingerprint density at radius 2 is 1.77 bits per heavy atom. The summed E-state index contributed by atoms with van der Waals surface area (Å²) in [5.74, 6) is 0.796. The van der Waals surface area contributed by atoms with Crippen molar-refractivity contribution >= 4 is 57.5 Å². The molecule has 3 aromatic rings. The van der Waals surface area contributed by atoms with E-state index in [1.54, 1.807) is 38.4 Å². The number of aryl methyl sites for hydroxylation is 1. The molecule has 0 aliphatic rings. The van der Waals surface area contributed by atoms with Crippen molar-refractivity contribution in [2.24, 2.45) is 0 Å². The van der Waals surface area contributed by atoms with Gasteiger partial charge < -0.3 is 16.0 Å². The number of hydrogen-bond donors (Lipinski definition) is 3. The Morgan fingerprint density at radius 3 is 2.45 bits per heavy atom. The van der Waals surface area contributed by atoms with E-state index in [-0.39, 0.29) is 11.9 Å². The van der Waals surface area contributed by atoms with Gasteiger partial charge in [0, 0.05) is 41.5 Å². The van der Waals surface area contributed by atoms with Crippen LogP contribution in [0, 0.1) is 6.92 Å². The van der Waals surface area contributed by atoms with Crippen LogP contribution < -0.4 is 20.9 Å². The van der Waals surface area contributed by atoms with Crippen molar-refractivity contribution < 1.29 is 9.59 Å². The molecule has 0 saturated heterocycles. The Kier molecular flexibility index (Phi) is 7.40. The molecule has 8 nitrogen and oxygen atoms in total. The van der Waals surface area contributed by atoms with E-state index < -0.39 is 0 Å². The molecule has 0 fully saturated rings. The number of alkyl halides is 1. The van der Waals surface area contributed by atoms with Crippen molar-refractivity contribution in [3.63, 3.8) is 0 Å². The number of nitrogens with zero attached hydrogens (tertiary/aromatic N) is 3. The Labute approximate surface area is 194 Å². The van der Waals surface area contributed by atoms with Crippen molar-refractivity contribution in [3.8, 4) is 0 Å². The highest BCUT2D eigenvalue weighted by atomic mass is 127. The van der Waals surface area contributed by atoms with E-state index >= 15 is 0 Å². The van der Waals surface area contributed by atoms with Crippen LogP contribution in [0.4, 0.5) is 27.8 Å². The van der Waals surface area contributed by atoms with Gasteiger partial charge in [0.2, 0.25) is 0 Å². The van der Waals surface area contributed by atoms with Crippen LogP contribution in [-0.2, 0) is 4.43 Å². The maximum absolute atomic E-state index is 12.7. The zero-order chi connectivity index (χ0) is 22.4. The molecule has 0 spiro atoms. The van der Waals surface area contributed by atoms with Gasteiger partial charge in [0.25, 0.3) is 5.91 Å². The van der Waals surface area contributed by atoms with Gasteiger partial charge in [-0.25, -0.2) is 14.8 Å². The topological polar surface area (TPSA) is 99.2 Å². The van der Waals surface area contributed by atoms with Crippen LogP contribution in [0.25, 0.3) is 0 Å². The second kappa shape index (κ2) is 10.2. The maximum atomic E-state index is 12.7. The molecule has 31 heavy (non-hydrogen) atoms. The van der Waals surface area contributed by atoms with E-state index in [4.69, 9.17) is 0 Å². The van der Waals surface area contributed by atoms with Crippen LogP contribution >= 0.6 is 22.6 Å². The van der Waals surface area contributed by atoms with Crippen molar-refractivity contribution in [2.45, 2.75) is 11.4 Å². The maximum Gasteiger partial charge on any atom is 0.327 e. The largest absolute Gasteiger partial charge is 0.373 e. The number of hydrogen-bond acceptors (Lipinski definition) is 5. The fourth-order valence-corrected chi connectivity index (χ4v) is 3.26. The molecule has 0 bridgehead atoms. The summed E-state index contributed by atoms with van der Waals surface area (Å²) in [6.45, 7) is 1.86. The number of urea groups is 1. The van der Waals surface area contributed by atoms with E-state index in [0.29, 0.717) is 28.6 Å². The van der Waals surface area contributed by atoms with Crippen LogP contribution in [-0.4, -0.2) is 36.0 Å². The molecule has 3 rings (SSSR count). The monoisotopic (exact) mass is 530 g/mol. The fourth-order valence-electron chi connectivity index (χ4n) is 2.75. The number of benzene rings is 2. The molecule has 1 heterocycles. The standard InChI is InChI=1S/C22H23IN6O2/c1-14-4-7-16(21(30)27-17-8-5-15(12-23)6-9-17)10-18(14)28-22(31)29(3)20-11-19(24-2)25-13-26-20/h4-11,13H,12H2,1-3H3,(H,27,30)(H,28,31)(H,24,25,26). The quantitative estimate of drug-likeness (QED) is 0.318. The number of anilines is 4. The first kappa shape index (κ1) is 22.5. The molecule has 0 unspecified atom stereocenters. The lowest BCUT2D eigenvalue weighted by molar-refractivity contribution is 0.102. The third-order valence-corrected chi connectivity index (χ3v) is 5.55. The third kappa shape index (κ3) is 5.69. The summed E-state index contributed by atoms with van der Waals surface area (Å²) in [5, 5.41) is 8.64. The van der Waals surface area contributed by atoms with Gasteiger partial charge in [-0.2, -0.15) is 0 Å². The molecule has 3 amide bonds. The predicted octanol–water partition coefficient (Wildman–Crippen LogP) is 4.68. The number of carbonyl (C=O) groups excluding carboxylic acids is 2. The summed E-state index contributed by atoms with van der Waals surface area (Å²) < 4.78 is 0.909. The van der Waals surface area contributed by atoms with Crippen molar-refractivity contribution in [2.75, 3.05) is 34.9 Å². The van der Waals surface area contributed by atoms with Gasteiger partial charge >= 0.3 is 6.03 Å². The van der Waals surface area contributed by atoms with Crippen molar-refractivity contribution in [3.05, 3.63) is 71.5 Å². The highest BCUT2D eigenvalue weighted by Gasteiger charge is 2.16. The van der Waals surface area contributed by atoms with E-state index in [2.05, 4.69) is 48.5 Å². The molecule has 9 heteroatoms. The lowest BCUT2D eigenvalue weighted by atomic mass is 10.1. The smallest absolute Gasteiger partial charge is 0.327 e. The first-order valence-corrected chi connectivity index (χ1v) is 11.0. The van der Waals surface area contributed by atoms with Gasteiger partial charge in [-0.1, -0.05) is 40.8 Å². The highest BCUT2D eigenvalue weighted by molar-refractivity contribution is 14.1. The predicted molar refractivity (Wildman–Crippen MR) is 132 cm³/mol. The Balaban J connectivity index is 1.73. The number of carbonyl (C=O) groups is 2. The van der Waals surface area contributed by atoms with Gasteiger partial charge in [-0.05, 0) is 42.3 Å². The second-order valence-electron chi connectivity index (χ2n) is 6.81. The molecule has 0 aliphatic carbocycles. The van der Waals surface area contributed by atoms with E-state index in [9.17, 15) is 9.59 Å². The van der Waals surface area contributed by atoms with Crippen LogP contribution in [0.2, 0.25) is 0 Å². The van der Waals surface area contributed by atoms with E-state index in [1.165, 1.54) is 16.8 Å². The molecular weight excluding hydrogens is 507 g/mol. The number of halogens is 1. The molecule has 1 aromatic heterocycles.